The quantitative estimate of drug-likeness (QED) is 0.428. The summed E-state index contributed by atoms with van der Waals surface area (Å²) in [6, 6.07) is 12.3. The number of benzene rings is 2. The minimum Gasteiger partial charge on any atom is -0.462 e. The number of hydrogen-bond acceptors (Lipinski definition) is 6. The van der Waals surface area contributed by atoms with Crippen molar-refractivity contribution in [1.82, 2.24) is 5.32 Å². The third-order valence-corrected chi connectivity index (χ3v) is 4.25. The molecule has 9 heteroatoms. The topological polar surface area (TPSA) is 111 Å². The highest BCUT2D eigenvalue weighted by molar-refractivity contribution is 6.30. The van der Waals surface area contributed by atoms with E-state index in [1.807, 2.05) is 6.92 Å². The van der Waals surface area contributed by atoms with Crippen LogP contribution in [0.3, 0.4) is 0 Å². The van der Waals surface area contributed by atoms with Gasteiger partial charge in [-0.1, -0.05) is 24.9 Å². The zero-order valence-corrected chi connectivity index (χ0v) is 17.7. The molecule has 2 N–H and O–H groups in total. The number of hydrogen-bond donors (Lipinski definition) is 2. The summed E-state index contributed by atoms with van der Waals surface area (Å²) >= 11 is 5.75. The van der Waals surface area contributed by atoms with Crippen molar-refractivity contribution in [3.8, 4) is 0 Å². The first-order valence-corrected chi connectivity index (χ1v) is 10.0. The Morgan fingerprint density at radius 2 is 1.55 bits per heavy atom. The first kappa shape index (κ1) is 23.9. The van der Waals surface area contributed by atoms with Gasteiger partial charge in [0.1, 0.15) is 6.54 Å². The summed E-state index contributed by atoms with van der Waals surface area (Å²) in [6.45, 7) is 1.46. The van der Waals surface area contributed by atoms with Crippen LogP contribution in [0.25, 0.3) is 0 Å². The van der Waals surface area contributed by atoms with E-state index in [2.05, 4.69) is 10.6 Å². The summed E-state index contributed by atoms with van der Waals surface area (Å²) < 4.78 is 9.95. The van der Waals surface area contributed by atoms with Gasteiger partial charge in [0.15, 0.2) is 6.61 Å². The average molecular weight is 447 g/mol. The number of anilines is 1. The van der Waals surface area contributed by atoms with Gasteiger partial charge in [0, 0.05) is 16.3 Å². The van der Waals surface area contributed by atoms with Gasteiger partial charge >= 0.3 is 11.9 Å². The monoisotopic (exact) mass is 446 g/mol. The zero-order valence-electron chi connectivity index (χ0n) is 17.0. The van der Waals surface area contributed by atoms with Gasteiger partial charge in [-0.05, 0) is 55.0 Å². The average Bonchev–Trinajstić information content (AvgIpc) is 2.77. The normalized spacial score (nSPS) is 10.1. The first-order valence-electron chi connectivity index (χ1n) is 9.65. The molecule has 8 nitrogen and oxygen atoms in total. The highest BCUT2D eigenvalue weighted by Crippen LogP contribution is 2.11. The van der Waals surface area contributed by atoms with Gasteiger partial charge in [-0.25, -0.2) is 4.79 Å². The van der Waals surface area contributed by atoms with E-state index >= 15 is 0 Å². The molecule has 2 rings (SSSR count). The van der Waals surface area contributed by atoms with Crippen molar-refractivity contribution < 1.29 is 28.7 Å². The fourth-order valence-electron chi connectivity index (χ4n) is 2.33. The standard InChI is InChI=1S/C22H23ClN2O6/c1-2-3-12-30-22(29)16-6-10-18(11-7-16)25-19(26)14-31-20(27)13-24-21(28)15-4-8-17(23)9-5-15/h4-11H,2-3,12-14H2,1H3,(H,24,28)(H,25,26). The lowest BCUT2D eigenvalue weighted by atomic mass is 10.2. The number of halogens is 1. The van der Waals surface area contributed by atoms with E-state index in [4.69, 9.17) is 21.1 Å². The number of esters is 2. The molecule has 0 spiro atoms. The van der Waals surface area contributed by atoms with Crippen LogP contribution in [0.4, 0.5) is 5.69 Å². The van der Waals surface area contributed by atoms with Gasteiger partial charge in [-0.15, -0.1) is 0 Å². The summed E-state index contributed by atoms with van der Waals surface area (Å²) in [5, 5.41) is 5.43. The molecule has 0 bridgehead atoms. The Kier molecular flexibility index (Phi) is 9.51. The van der Waals surface area contributed by atoms with Gasteiger partial charge in [0.25, 0.3) is 11.8 Å². The molecule has 2 amide bonds. The maximum Gasteiger partial charge on any atom is 0.338 e. The molecule has 0 saturated carbocycles. The molecule has 0 aliphatic rings. The Morgan fingerprint density at radius 1 is 0.903 bits per heavy atom. The van der Waals surface area contributed by atoms with Gasteiger partial charge in [0.2, 0.25) is 0 Å². The lowest BCUT2D eigenvalue weighted by molar-refractivity contribution is -0.146. The number of ether oxygens (including phenoxy) is 2. The summed E-state index contributed by atoms with van der Waals surface area (Å²) in [5.41, 5.74) is 1.15. The van der Waals surface area contributed by atoms with Crippen LogP contribution in [0, 0.1) is 0 Å². The highest BCUT2D eigenvalue weighted by atomic mass is 35.5. The first-order chi connectivity index (χ1) is 14.9. The molecule has 31 heavy (non-hydrogen) atoms. The molecule has 0 atom stereocenters. The number of nitrogens with one attached hydrogen (secondary N) is 2. The Balaban J connectivity index is 1.71. The van der Waals surface area contributed by atoms with Crippen molar-refractivity contribution in [1.29, 1.82) is 0 Å². The second-order valence-corrected chi connectivity index (χ2v) is 6.90. The molecule has 0 radical (unpaired) electrons. The van der Waals surface area contributed by atoms with Crippen molar-refractivity contribution in [3.63, 3.8) is 0 Å². The van der Waals surface area contributed by atoms with Crippen molar-refractivity contribution in [2.75, 3.05) is 25.1 Å². The lowest BCUT2D eigenvalue weighted by Gasteiger charge is -2.08. The lowest BCUT2D eigenvalue weighted by Crippen LogP contribution is -2.32. The van der Waals surface area contributed by atoms with Gasteiger partial charge in [-0.2, -0.15) is 0 Å². The Morgan fingerprint density at radius 3 is 2.19 bits per heavy atom. The fourth-order valence-corrected chi connectivity index (χ4v) is 2.46. The highest BCUT2D eigenvalue weighted by Gasteiger charge is 2.12. The number of carbonyl (C=O) groups excluding carboxylic acids is 4. The Bertz CT molecular complexity index is 913. The largest absolute Gasteiger partial charge is 0.462 e. The van der Waals surface area contributed by atoms with Crippen LogP contribution >= 0.6 is 11.6 Å². The van der Waals surface area contributed by atoms with E-state index < -0.39 is 30.4 Å². The van der Waals surface area contributed by atoms with Crippen LogP contribution in [-0.2, 0) is 19.1 Å². The van der Waals surface area contributed by atoms with Crippen molar-refractivity contribution >= 4 is 41.0 Å². The van der Waals surface area contributed by atoms with Crippen molar-refractivity contribution in [2.24, 2.45) is 0 Å². The van der Waals surface area contributed by atoms with E-state index in [1.54, 1.807) is 24.3 Å². The van der Waals surface area contributed by atoms with Crippen LogP contribution in [0.1, 0.15) is 40.5 Å². The SMILES string of the molecule is CCCCOC(=O)c1ccc(NC(=O)COC(=O)CNC(=O)c2ccc(Cl)cc2)cc1. The predicted molar refractivity (Wildman–Crippen MR) is 115 cm³/mol. The molecule has 0 aromatic heterocycles. The molecule has 2 aromatic rings. The van der Waals surface area contributed by atoms with Gasteiger partial charge < -0.3 is 20.1 Å². The summed E-state index contributed by atoms with van der Waals surface area (Å²) in [6.07, 6.45) is 1.72. The van der Waals surface area contributed by atoms with Crippen LogP contribution in [0.15, 0.2) is 48.5 Å². The third kappa shape index (κ3) is 8.47. The molecule has 0 unspecified atom stereocenters. The number of amides is 2. The number of unbranched alkanes of at least 4 members (excludes halogenated alkanes) is 1. The zero-order chi connectivity index (χ0) is 22.6. The molecule has 0 heterocycles. The van der Waals surface area contributed by atoms with E-state index in [-0.39, 0.29) is 6.54 Å². The summed E-state index contributed by atoms with van der Waals surface area (Å²) in [7, 11) is 0. The van der Waals surface area contributed by atoms with Gasteiger partial charge in [-0.3, -0.25) is 14.4 Å². The van der Waals surface area contributed by atoms with E-state index in [0.29, 0.717) is 28.4 Å². The molecular weight excluding hydrogens is 424 g/mol. The molecule has 0 fully saturated rings. The second-order valence-electron chi connectivity index (χ2n) is 6.47. The van der Waals surface area contributed by atoms with Crippen molar-refractivity contribution in [3.05, 3.63) is 64.7 Å². The summed E-state index contributed by atoms with van der Waals surface area (Å²) in [5.74, 6) is -2.22. The minimum absolute atomic E-state index is 0.340. The van der Waals surface area contributed by atoms with Crippen LogP contribution in [0.5, 0.6) is 0 Å². The molecular formula is C22H23ClN2O6. The minimum atomic E-state index is -0.761. The summed E-state index contributed by atoms with van der Waals surface area (Å²) in [4.78, 5) is 47.4. The molecule has 0 saturated heterocycles. The van der Waals surface area contributed by atoms with Crippen LogP contribution in [-0.4, -0.2) is 43.5 Å². The molecule has 2 aromatic carbocycles. The molecule has 0 aliphatic carbocycles. The number of rotatable bonds is 10. The molecule has 164 valence electrons. The van der Waals surface area contributed by atoms with Crippen LogP contribution < -0.4 is 10.6 Å². The smallest absolute Gasteiger partial charge is 0.338 e. The Labute approximate surface area is 184 Å². The Hall–Kier alpha value is -3.39. The van der Waals surface area contributed by atoms with Crippen LogP contribution in [0.2, 0.25) is 5.02 Å². The van der Waals surface area contributed by atoms with E-state index in [9.17, 15) is 19.2 Å². The second kappa shape index (κ2) is 12.3. The van der Waals surface area contributed by atoms with Crippen molar-refractivity contribution in [2.45, 2.75) is 19.8 Å². The fraction of sp³-hybridized carbons (Fsp3) is 0.273. The third-order valence-electron chi connectivity index (χ3n) is 4.00. The van der Waals surface area contributed by atoms with E-state index in [1.165, 1.54) is 24.3 Å². The predicted octanol–water partition coefficient (Wildman–Crippen LogP) is 3.21. The van der Waals surface area contributed by atoms with E-state index in [0.717, 1.165) is 12.8 Å². The molecule has 0 aliphatic heterocycles. The van der Waals surface area contributed by atoms with Gasteiger partial charge in [0.05, 0.1) is 12.2 Å². The maximum atomic E-state index is 11.9. The number of carbonyl (C=O) groups is 4. The maximum absolute atomic E-state index is 11.9.